The molecule has 0 spiro atoms. The van der Waals surface area contributed by atoms with Gasteiger partial charge in [0.25, 0.3) is 0 Å². The maximum Gasteiger partial charge on any atom is 0.229 e. The van der Waals surface area contributed by atoms with Crippen LogP contribution >= 0.6 is 0 Å². The number of carbonyl (C=O) groups is 1. The molecule has 1 aliphatic rings. The number of hydrogen-bond acceptors (Lipinski definition) is 2. The first-order valence-electron chi connectivity index (χ1n) is 5.04. The SMILES string of the molecule is CCN(C(=O)C(C)(C)CN)C1CC1. The first-order valence-corrected chi connectivity index (χ1v) is 5.04. The van der Waals surface area contributed by atoms with E-state index in [4.69, 9.17) is 5.73 Å². The molecule has 13 heavy (non-hydrogen) atoms. The van der Waals surface area contributed by atoms with Crippen LogP contribution in [0.1, 0.15) is 33.6 Å². The van der Waals surface area contributed by atoms with Gasteiger partial charge in [0.05, 0.1) is 5.41 Å². The van der Waals surface area contributed by atoms with Gasteiger partial charge in [0.15, 0.2) is 0 Å². The molecule has 0 aromatic heterocycles. The molecule has 1 fully saturated rings. The molecular formula is C10H20N2O. The third-order valence-electron chi connectivity index (χ3n) is 2.68. The minimum Gasteiger partial charge on any atom is -0.339 e. The first kappa shape index (κ1) is 10.5. The van der Waals surface area contributed by atoms with Gasteiger partial charge in [-0.25, -0.2) is 0 Å². The Balaban J connectivity index is 2.62. The molecule has 0 bridgehead atoms. The molecule has 0 unspecified atom stereocenters. The molecular weight excluding hydrogens is 164 g/mol. The summed E-state index contributed by atoms with van der Waals surface area (Å²) in [5.74, 6) is 0.208. The zero-order valence-electron chi connectivity index (χ0n) is 8.84. The highest BCUT2D eigenvalue weighted by Crippen LogP contribution is 2.30. The lowest BCUT2D eigenvalue weighted by atomic mass is 9.92. The smallest absolute Gasteiger partial charge is 0.229 e. The number of rotatable bonds is 4. The summed E-state index contributed by atoms with van der Waals surface area (Å²) < 4.78 is 0. The Labute approximate surface area is 80.3 Å². The van der Waals surface area contributed by atoms with E-state index in [-0.39, 0.29) is 5.91 Å². The van der Waals surface area contributed by atoms with Crippen LogP contribution in [-0.2, 0) is 4.79 Å². The van der Waals surface area contributed by atoms with Crippen LogP contribution in [0.2, 0.25) is 0 Å². The van der Waals surface area contributed by atoms with E-state index >= 15 is 0 Å². The Kier molecular flexibility index (Phi) is 2.96. The molecule has 3 nitrogen and oxygen atoms in total. The molecule has 1 amide bonds. The van der Waals surface area contributed by atoms with Crippen LogP contribution in [0, 0.1) is 5.41 Å². The van der Waals surface area contributed by atoms with Crippen molar-refractivity contribution in [1.29, 1.82) is 0 Å². The molecule has 2 N–H and O–H groups in total. The Morgan fingerprint density at radius 3 is 2.38 bits per heavy atom. The van der Waals surface area contributed by atoms with Gasteiger partial charge in [0, 0.05) is 19.1 Å². The zero-order valence-corrected chi connectivity index (χ0v) is 8.84. The van der Waals surface area contributed by atoms with Crippen molar-refractivity contribution >= 4 is 5.91 Å². The van der Waals surface area contributed by atoms with Gasteiger partial charge in [-0.15, -0.1) is 0 Å². The van der Waals surface area contributed by atoms with E-state index in [1.807, 2.05) is 25.7 Å². The molecule has 1 rings (SSSR count). The van der Waals surface area contributed by atoms with Crippen LogP contribution in [0.25, 0.3) is 0 Å². The predicted octanol–water partition coefficient (Wildman–Crippen LogP) is 0.982. The normalized spacial score (nSPS) is 17.2. The number of carbonyl (C=O) groups excluding carboxylic acids is 1. The van der Waals surface area contributed by atoms with E-state index in [1.54, 1.807) is 0 Å². The van der Waals surface area contributed by atoms with Gasteiger partial charge < -0.3 is 10.6 Å². The van der Waals surface area contributed by atoms with E-state index in [1.165, 1.54) is 12.8 Å². The Bertz CT molecular complexity index is 197. The van der Waals surface area contributed by atoms with Gasteiger partial charge in [-0.05, 0) is 33.6 Å². The maximum atomic E-state index is 12.0. The molecule has 0 saturated heterocycles. The van der Waals surface area contributed by atoms with Gasteiger partial charge in [-0.1, -0.05) is 0 Å². The van der Waals surface area contributed by atoms with Gasteiger partial charge in [0.1, 0.15) is 0 Å². The molecule has 0 aromatic carbocycles. The Hall–Kier alpha value is -0.570. The fourth-order valence-electron chi connectivity index (χ4n) is 1.43. The average Bonchev–Trinajstić information content (AvgIpc) is 2.89. The summed E-state index contributed by atoms with van der Waals surface area (Å²) in [5.41, 5.74) is 5.18. The van der Waals surface area contributed by atoms with Crippen molar-refractivity contribution in [2.24, 2.45) is 11.1 Å². The van der Waals surface area contributed by atoms with Crippen molar-refractivity contribution < 1.29 is 4.79 Å². The van der Waals surface area contributed by atoms with Crippen LogP contribution in [0.5, 0.6) is 0 Å². The summed E-state index contributed by atoms with van der Waals surface area (Å²) in [6.07, 6.45) is 2.33. The van der Waals surface area contributed by atoms with Crippen LogP contribution in [0.3, 0.4) is 0 Å². The van der Waals surface area contributed by atoms with E-state index < -0.39 is 5.41 Å². The largest absolute Gasteiger partial charge is 0.339 e. The molecule has 1 aliphatic carbocycles. The van der Waals surface area contributed by atoms with Crippen molar-refractivity contribution in [3.8, 4) is 0 Å². The lowest BCUT2D eigenvalue weighted by Gasteiger charge is -2.30. The zero-order chi connectivity index (χ0) is 10.1. The van der Waals surface area contributed by atoms with Crippen LogP contribution in [0.15, 0.2) is 0 Å². The quantitative estimate of drug-likeness (QED) is 0.708. The molecule has 3 heteroatoms. The molecule has 1 saturated carbocycles. The highest BCUT2D eigenvalue weighted by molar-refractivity contribution is 5.82. The van der Waals surface area contributed by atoms with Crippen LogP contribution in [0.4, 0.5) is 0 Å². The Morgan fingerprint density at radius 2 is 2.08 bits per heavy atom. The van der Waals surface area contributed by atoms with Gasteiger partial charge in [-0.2, -0.15) is 0 Å². The summed E-state index contributed by atoms with van der Waals surface area (Å²) in [7, 11) is 0. The van der Waals surface area contributed by atoms with Gasteiger partial charge in [0.2, 0.25) is 5.91 Å². The Morgan fingerprint density at radius 1 is 1.54 bits per heavy atom. The van der Waals surface area contributed by atoms with Gasteiger partial charge >= 0.3 is 0 Å². The second kappa shape index (κ2) is 3.66. The minimum atomic E-state index is -0.390. The summed E-state index contributed by atoms with van der Waals surface area (Å²) >= 11 is 0. The number of amides is 1. The number of hydrogen-bond donors (Lipinski definition) is 1. The molecule has 76 valence electrons. The lowest BCUT2D eigenvalue weighted by Crippen LogP contribution is -2.45. The van der Waals surface area contributed by atoms with E-state index in [0.717, 1.165) is 6.54 Å². The summed E-state index contributed by atoms with van der Waals surface area (Å²) in [5, 5.41) is 0. The van der Waals surface area contributed by atoms with E-state index in [0.29, 0.717) is 12.6 Å². The van der Waals surface area contributed by atoms with Crippen molar-refractivity contribution in [2.75, 3.05) is 13.1 Å². The predicted molar refractivity (Wildman–Crippen MR) is 53.2 cm³/mol. The van der Waals surface area contributed by atoms with E-state index in [2.05, 4.69) is 0 Å². The summed E-state index contributed by atoms with van der Waals surface area (Å²) in [6.45, 7) is 7.10. The average molecular weight is 184 g/mol. The van der Waals surface area contributed by atoms with Crippen LogP contribution < -0.4 is 5.73 Å². The molecule has 0 heterocycles. The van der Waals surface area contributed by atoms with Crippen molar-refractivity contribution in [2.45, 2.75) is 39.7 Å². The topological polar surface area (TPSA) is 46.3 Å². The molecule has 0 radical (unpaired) electrons. The van der Waals surface area contributed by atoms with Crippen LogP contribution in [-0.4, -0.2) is 29.9 Å². The molecule has 0 atom stereocenters. The monoisotopic (exact) mass is 184 g/mol. The van der Waals surface area contributed by atoms with E-state index in [9.17, 15) is 4.79 Å². The maximum absolute atomic E-state index is 12.0. The van der Waals surface area contributed by atoms with Gasteiger partial charge in [-0.3, -0.25) is 4.79 Å². The summed E-state index contributed by atoms with van der Waals surface area (Å²) in [6, 6.07) is 0.503. The lowest BCUT2D eigenvalue weighted by molar-refractivity contribution is -0.140. The van der Waals surface area contributed by atoms with Crippen molar-refractivity contribution in [3.63, 3.8) is 0 Å². The number of nitrogens with two attached hydrogens (primary N) is 1. The fourth-order valence-corrected chi connectivity index (χ4v) is 1.43. The molecule has 0 aromatic rings. The second-order valence-electron chi connectivity index (χ2n) is 4.41. The summed E-state index contributed by atoms with van der Waals surface area (Å²) in [4.78, 5) is 13.9. The highest BCUT2D eigenvalue weighted by Gasteiger charge is 2.37. The first-order chi connectivity index (χ1) is 6.03. The third kappa shape index (κ3) is 2.21. The highest BCUT2D eigenvalue weighted by atomic mass is 16.2. The fraction of sp³-hybridized carbons (Fsp3) is 0.900. The second-order valence-corrected chi connectivity index (χ2v) is 4.41. The van der Waals surface area contributed by atoms with Crippen molar-refractivity contribution in [3.05, 3.63) is 0 Å². The minimum absolute atomic E-state index is 0.208. The number of nitrogens with zero attached hydrogens (tertiary/aromatic N) is 1. The standard InChI is InChI=1S/C10H20N2O/c1-4-12(8-5-6-8)9(13)10(2,3)7-11/h8H,4-7,11H2,1-3H3. The third-order valence-corrected chi connectivity index (χ3v) is 2.68. The molecule has 0 aliphatic heterocycles. The van der Waals surface area contributed by atoms with Crippen molar-refractivity contribution in [1.82, 2.24) is 4.90 Å².